The number of rotatable bonds is 4. The van der Waals surface area contributed by atoms with Crippen molar-refractivity contribution in [3.63, 3.8) is 0 Å². The summed E-state index contributed by atoms with van der Waals surface area (Å²) in [6, 6.07) is 0. The van der Waals surface area contributed by atoms with Crippen LogP contribution in [0.5, 0.6) is 0 Å². The van der Waals surface area contributed by atoms with Gasteiger partial charge in [-0.15, -0.1) is 0 Å². The molecule has 0 aromatic carbocycles. The minimum absolute atomic E-state index is 0.730. The summed E-state index contributed by atoms with van der Waals surface area (Å²) in [4.78, 5) is 0.730. The molecular formula is C8H15BrOS. The number of alkyl halides is 1. The first-order chi connectivity index (χ1) is 5.34. The molecule has 1 nitrogen and oxygen atoms in total. The molecule has 1 aliphatic heterocycles. The molecule has 0 radical (unpaired) electrons. The summed E-state index contributed by atoms with van der Waals surface area (Å²) in [6.07, 6.45) is 1.22. The second-order valence-electron chi connectivity index (χ2n) is 2.80. The van der Waals surface area contributed by atoms with E-state index in [0.29, 0.717) is 0 Å². The van der Waals surface area contributed by atoms with Gasteiger partial charge in [-0.3, -0.25) is 0 Å². The third-order valence-electron chi connectivity index (χ3n) is 1.96. The Kier molecular flexibility index (Phi) is 4.88. The number of halogens is 1. The summed E-state index contributed by atoms with van der Waals surface area (Å²) in [5, 5.41) is 0. The molecule has 0 amide bonds. The lowest BCUT2D eigenvalue weighted by Crippen LogP contribution is -2.13. The molecule has 1 saturated heterocycles. The van der Waals surface area contributed by atoms with Gasteiger partial charge in [0.2, 0.25) is 0 Å². The van der Waals surface area contributed by atoms with E-state index in [4.69, 9.17) is 4.74 Å². The summed E-state index contributed by atoms with van der Waals surface area (Å²) in [5.41, 5.74) is 0. The van der Waals surface area contributed by atoms with Crippen LogP contribution in [0.2, 0.25) is 0 Å². The van der Waals surface area contributed by atoms with E-state index in [1.54, 1.807) is 0 Å². The monoisotopic (exact) mass is 238 g/mol. The average Bonchev–Trinajstić information content (AvgIpc) is 2.37. The first-order valence-corrected chi connectivity index (χ1v) is 6.21. The van der Waals surface area contributed by atoms with Crippen LogP contribution in [0.4, 0.5) is 0 Å². The molecule has 1 fully saturated rings. The summed E-state index contributed by atoms with van der Waals surface area (Å²) in [7, 11) is 0. The first-order valence-electron chi connectivity index (χ1n) is 4.14. The molecule has 3 heteroatoms. The lowest BCUT2D eigenvalue weighted by molar-refractivity contribution is 0.135. The highest BCUT2D eigenvalue weighted by atomic mass is 79.9. The molecule has 2 atom stereocenters. The largest absolute Gasteiger partial charge is 0.382 e. The average molecular weight is 239 g/mol. The van der Waals surface area contributed by atoms with E-state index >= 15 is 0 Å². The fourth-order valence-corrected chi connectivity index (χ4v) is 3.81. The maximum atomic E-state index is 5.31. The standard InChI is InChI=1S/C8H15BrOS/c1-2-10-4-3-7-5-11-6-8(7)9/h7-8H,2-6H2,1H3. The van der Waals surface area contributed by atoms with Gasteiger partial charge in [0.15, 0.2) is 0 Å². The Hall–Kier alpha value is 0.790. The third kappa shape index (κ3) is 3.34. The van der Waals surface area contributed by atoms with E-state index in [1.807, 2.05) is 11.8 Å². The maximum absolute atomic E-state index is 5.31. The van der Waals surface area contributed by atoms with Gasteiger partial charge in [0.1, 0.15) is 0 Å². The van der Waals surface area contributed by atoms with E-state index in [-0.39, 0.29) is 0 Å². The van der Waals surface area contributed by atoms with E-state index in [0.717, 1.165) is 24.0 Å². The van der Waals surface area contributed by atoms with Gasteiger partial charge in [0.25, 0.3) is 0 Å². The van der Waals surface area contributed by atoms with Gasteiger partial charge in [-0.1, -0.05) is 15.9 Å². The van der Waals surface area contributed by atoms with Gasteiger partial charge in [-0.25, -0.2) is 0 Å². The highest BCUT2D eigenvalue weighted by Gasteiger charge is 2.24. The number of hydrogen-bond donors (Lipinski definition) is 0. The molecule has 66 valence electrons. The van der Waals surface area contributed by atoms with Crippen molar-refractivity contribution >= 4 is 27.7 Å². The van der Waals surface area contributed by atoms with Gasteiger partial charge in [0.05, 0.1) is 0 Å². The lowest BCUT2D eigenvalue weighted by Gasteiger charge is -2.11. The van der Waals surface area contributed by atoms with Crippen LogP contribution in [0, 0.1) is 5.92 Å². The van der Waals surface area contributed by atoms with Crippen LogP contribution in [0.25, 0.3) is 0 Å². The smallest absolute Gasteiger partial charge is 0.0469 e. The molecule has 2 unspecified atom stereocenters. The Balaban J connectivity index is 2.05. The molecular weight excluding hydrogens is 224 g/mol. The van der Waals surface area contributed by atoms with Crippen molar-refractivity contribution in [1.82, 2.24) is 0 Å². The zero-order chi connectivity index (χ0) is 8.10. The molecule has 1 rings (SSSR count). The van der Waals surface area contributed by atoms with Crippen molar-refractivity contribution in [2.75, 3.05) is 24.7 Å². The highest BCUT2D eigenvalue weighted by Crippen LogP contribution is 2.31. The number of thioether (sulfide) groups is 1. The minimum Gasteiger partial charge on any atom is -0.382 e. The van der Waals surface area contributed by atoms with E-state index in [2.05, 4.69) is 22.9 Å². The van der Waals surface area contributed by atoms with Crippen LogP contribution < -0.4 is 0 Å². The normalized spacial score (nSPS) is 31.1. The fourth-order valence-electron chi connectivity index (χ4n) is 1.22. The molecule has 1 aliphatic rings. The van der Waals surface area contributed by atoms with Crippen LogP contribution in [0.15, 0.2) is 0 Å². The molecule has 0 aromatic rings. The second-order valence-corrected chi connectivity index (χ2v) is 5.05. The number of ether oxygens (including phenoxy) is 1. The molecule has 0 spiro atoms. The SMILES string of the molecule is CCOCCC1CSCC1Br. The van der Waals surface area contributed by atoms with Gasteiger partial charge in [-0.05, 0) is 25.0 Å². The van der Waals surface area contributed by atoms with Crippen LogP contribution in [0.3, 0.4) is 0 Å². The van der Waals surface area contributed by atoms with Crippen LogP contribution >= 0.6 is 27.7 Å². The Morgan fingerprint density at radius 2 is 2.36 bits per heavy atom. The Labute approximate surface area is 81.4 Å². The maximum Gasteiger partial charge on any atom is 0.0469 e. The van der Waals surface area contributed by atoms with E-state index < -0.39 is 0 Å². The molecule has 0 bridgehead atoms. The summed E-state index contributed by atoms with van der Waals surface area (Å²) >= 11 is 5.73. The van der Waals surface area contributed by atoms with Gasteiger partial charge in [0, 0.05) is 23.8 Å². The second kappa shape index (κ2) is 5.44. The van der Waals surface area contributed by atoms with Crippen LogP contribution in [0.1, 0.15) is 13.3 Å². The number of hydrogen-bond acceptors (Lipinski definition) is 2. The zero-order valence-electron chi connectivity index (χ0n) is 6.88. The minimum atomic E-state index is 0.730. The van der Waals surface area contributed by atoms with Crippen molar-refractivity contribution in [3.05, 3.63) is 0 Å². The molecule has 0 saturated carbocycles. The third-order valence-corrected chi connectivity index (χ3v) is 4.72. The predicted molar refractivity (Wildman–Crippen MR) is 54.6 cm³/mol. The zero-order valence-corrected chi connectivity index (χ0v) is 9.29. The van der Waals surface area contributed by atoms with Crippen molar-refractivity contribution in [2.45, 2.75) is 18.2 Å². The van der Waals surface area contributed by atoms with Crippen molar-refractivity contribution in [1.29, 1.82) is 0 Å². The van der Waals surface area contributed by atoms with Crippen molar-refractivity contribution in [2.24, 2.45) is 5.92 Å². The molecule has 0 N–H and O–H groups in total. The van der Waals surface area contributed by atoms with Gasteiger partial charge < -0.3 is 4.74 Å². The van der Waals surface area contributed by atoms with Crippen molar-refractivity contribution in [3.8, 4) is 0 Å². The van der Waals surface area contributed by atoms with Crippen LogP contribution in [-0.4, -0.2) is 29.5 Å². The summed E-state index contributed by atoms with van der Waals surface area (Å²) < 4.78 is 5.31. The molecule has 0 aromatic heterocycles. The molecule has 11 heavy (non-hydrogen) atoms. The summed E-state index contributed by atoms with van der Waals surface area (Å²) in [5.74, 6) is 3.42. The van der Waals surface area contributed by atoms with E-state index in [9.17, 15) is 0 Å². The van der Waals surface area contributed by atoms with E-state index in [1.165, 1.54) is 17.9 Å². The Morgan fingerprint density at radius 3 is 2.91 bits per heavy atom. The fraction of sp³-hybridized carbons (Fsp3) is 1.00. The highest BCUT2D eigenvalue weighted by molar-refractivity contribution is 9.09. The van der Waals surface area contributed by atoms with Gasteiger partial charge >= 0.3 is 0 Å². The quantitative estimate of drug-likeness (QED) is 0.550. The topological polar surface area (TPSA) is 9.23 Å². The summed E-state index contributed by atoms with van der Waals surface area (Å²) in [6.45, 7) is 3.84. The Morgan fingerprint density at radius 1 is 1.55 bits per heavy atom. The lowest BCUT2D eigenvalue weighted by atomic mass is 10.1. The van der Waals surface area contributed by atoms with Gasteiger partial charge in [-0.2, -0.15) is 11.8 Å². The first kappa shape index (κ1) is 9.87. The Bertz CT molecular complexity index is 110. The predicted octanol–water partition coefficient (Wildman–Crippen LogP) is 2.54. The molecule has 0 aliphatic carbocycles. The van der Waals surface area contributed by atoms with Crippen LogP contribution in [-0.2, 0) is 4.74 Å². The van der Waals surface area contributed by atoms with Crippen molar-refractivity contribution < 1.29 is 4.74 Å². The molecule has 1 heterocycles.